The first-order valence-electron chi connectivity index (χ1n) is 3.33. The molecule has 0 rings (SSSR count). The molecule has 0 aliphatic carbocycles. The fourth-order valence-electron chi connectivity index (χ4n) is 0.118. The smallest absolute Gasteiger partial charge is 0.219 e. The van der Waals surface area contributed by atoms with E-state index < -0.39 is 0 Å². The Bertz CT molecular complexity index is 91.7. The van der Waals surface area contributed by atoms with E-state index in [1.165, 1.54) is 0 Å². The fraction of sp³-hybridized carbons (Fsp3) is 0.857. The van der Waals surface area contributed by atoms with E-state index in [-0.39, 0.29) is 11.8 Å². The molecular formula is C7H17NO3. The van der Waals surface area contributed by atoms with E-state index in [9.17, 15) is 4.79 Å². The predicted molar refractivity (Wildman–Crippen MR) is 42.9 cm³/mol. The second-order valence-corrected chi connectivity index (χ2v) is 2.25. The lowest BCUT2D eigenvalue weighted by molar-refractivity contribution is -0.120. The van der Waals surface area contributed by atoms with Gasteiger partial charge in [0.1, 0.15) is 6.79 Å². The highest BCUT2D eigenvalue weighted by Crippen LogP contribution is 1.84. The zero-order valence-electron chi connectivity index (χ0n) is 7.59. The van der Waals surface area contributed by atoms with E-state index in [1.54, 1.807) is 28.1 Å². The summed E-state index contributed by atoms with van der Waals surface area (Å²) in [5.41, 5.74) is 4.80. The van der Waals surface area contributed by atoms with E-state index in [1.807, 2.05) is 0 Å². The topological polar surface area (TPSA) is 61.6 Å². The average molecular weight is 163 g/mol. The molecule has 0 aromatic carbocycles. The van der Waals surface area contributed by atoms with Crippen molar-refractivity contribution < 1.29 is 14.3 Å². The van der Waals surface area contributed by atoms with Crippen LogP contribution in [0.15, 0.2) is 0 Å². The Kier molecular flexibility index (Phi) is 11.1. The predicted octanol–water partition coefficient (Wildman–Crippen LogP) is 0.364. The van der Waals surface area contributed by atoms with Crippen LogP contribution in [0.3, 0.4) is 0 Å². The van der Waals surface area contributed by atoms with Crippen molar-refractivity contribution in [2.75, 3.05) is 21.0 Å². The van der Waals surface area contributed by atoms with Gasteiger partial charge in [0, 0.05) is 20.1 Å². The van der Waals surface area contributed by atoms with Crippen molar-refractivity contribution >= 4 is 5.91 Å². The second-order valence-electron chi connectivity index (χ2n) is 2.25. The average Bonchev–Trinajstić information content (AvgIpc) is 1.90. The first-order valence-corrected chi connectivity index (χ1v) is 3.33. The first kappa shape index (κ1) is 13.0. The molecule has 0 spiro atoms. The van der Waals surface area contributed by atoms with Crippen LogP contribution in [0.5, 0.6) is 0 Å². The molecule has 0 atom stereocenters. The van der Waals surface area contributed by atoms with Crippen molar-refractivity contribution in [1.82, 2.24) is 0 Å². The molecule has 1 amide bonds. The van der Waals surface area contributed by atoms with Crippen LogP contribution in [-0.2, 0) is 14.3 Å². The molecule has 11 heavy (non-hydrogen) atoms. The number of rotatable bonds is 3. The van der Waals surface area contributed by atoms with Crippen molar-refractivity contribution in [3.05, 3.63) is 0 Å². The zero-order chi connectivity index (χ0) is 9.28. The van der Waals surface area contributed by atoms with Crippen LogP contribution in [0, 0.1) is 5.92 Å². The van der Waals surface area contributed by atoms with Crippen molar-refractivity contribution in [3.8, 4) is 0 Å². The van der Waals surface area contributed by atoms with Gasteiger partial charge in [-0.1, -0.05) is 13.8 Å². The molecule has 0 saturated carbocycles. The fourth-order valence-corrected chi connectivity index (χ4v) is 0.118. The molecule has 0 saturated heterocycles. The van der Waals surface area contributed by atoms with Gasteiger partial charge in [-0.25, -0.2) is 0 Å². The van der Waals surface area contributed by atoms with Crippen LogP contribution >= 0.6 is 0 Å². The summed E-state index contributed by atoms with van der Waals surface area (Å²) in [4.78, 5) is 9.92. The largest absolute Gasteiger partial charge is 0.369 e. The summed E-state index contributed by atoms with van der Waals surface area (Å²) in [5, 5.41) is 0. The Morgan fingerprint density at radius 1 is 1.36 bits per heavy atom. The Balaban J connectivity index is 0. The number of carbonyl (C=O) groups excluding carboxylic acids is 1. The molecule has 0 aromatic heterocycles. The maximum Gasteiger partial charge on any atom is 0.219 e. The minimum atomic E-state index is -0.241. The van der Waals surface area contributed by atoms with Crippen molar-refractivity contribution in [3.63, 3.8) is 0 Å². The van der Waals surface area contributed by atoms with Crippen LogP contribution in [0.25, 0.3) is 0 Å². The van der Waals surface area contributed by atoms with Crippen LogP contribution in [0.1, 0.15) is 13.8 Å². The lowest BCUT2D eigenvalue weighted by Crippen LogP contribution is -2.17. The number of primary amides is 1. The summed E-state index contributed by atoms with van der Waals surface area (Å²) in [7, 11) is 3.17. The van der Waals surface area contributed by atoms with E-state index in [0.717, 1.165) is 0 Å². The molecule has 4 heteroatoms. The number of hydrogen-bond acceptors (Lipinski definition) is 3. The van der Waals surface area contributed by atoms with Gasteiger partial charge in [-0.2, -0.15) is 0 Å². The van der Waals surface area contributed by atoms with Crippen LogP contribution in [-0.4, -0.2) is 26.9 Å². The van der Waals surface area contributed by atoms with Gasteiger partial charge in [0.05, 0.1) is 0 Å². The highest BCUT2D eigenvalue weighted by molar-refractivity contribution is 5.75. The van der Waals surface area contributed by atoms with Gasteiger partial charge in [-0.05, 0) is 0 Å². The van der Waals surface area contributed by atoms with Gasteiger partial charge in [0.2, 0.25) is 5.91 Å². The Morgan fingerprint density at radius 3 is 1.64 bits per heavy atom. The third kappa shape index (κ3) is 17.7. The van der Waals surface area contributed by atoms with Crippen LogP contribution in [0.2, 0.25) is 0 Å². The number of methoxy groups -OCH3 is 2. The summed E-state index contributed by atoms with van der Waals surface area (Å²) in [6.07, 6.45) is 0. The third-order valence-corrected chi connectivity index (χ3v) is 0.805. The molecule has 0 aromatic rings. The second kappa shape index (κ2) is 9.39. The van der Waals surface area contributed by atoms with Gasteiger partial charge in [0.25, 0.3) is 0 Å². The molecule has 0 heterocycles. The molecule has 0 aliphatic rings. The minimum Gasteiger partial charge on any atom is -0.369 e. The molecule has 0 radical (unpaired) electrons. The standard InChI is InChI=1S/C4H9NO.C3H8O2/c1-3(2)4(5)6;1-4-3-5-2/h3H,1-2H3,(H2,5,6);3H2,1-2H3. The van der Waals surface area contributed by atoms with E-state index in [2.05, 4.69) is 9.47 Å². The molecule has 0 bridgehead atoms. The lowest BCUT2D eigenvalue weighted by Gasteiger charge is -1.90. The van der Waals surface area contributed by atoms with Crippen molar-refractivity contribution in [2.24, 2.45) is 11.7 Å². The van der Waals surface area contributed by atoms with E-state index >= 15 is 0 Å². The van der Waals surface area contributed by atoms with Crippen molar-refractivity contribution in [2.45, 2.75) is 13.8 Å². The van der Waals surface area contributed by atoms with E-state index in [0.29, 0.717) is 6.79 Å². The molecule has 4 nitrogen and oxygen atoms in total. The zero-order valence-corrected chi connectivity index (χ0v) is 7.59. The summed E-state index contributed by atoms with van der Waals surface area (Å²) < 4.78 is 8.94. The van der Waals surface area contributed by atoms with Crippen LogP contribution in [0.4, 0.5) is 0 Å². The Morgan fingerprint density at radius 2 is 1.64 bits per heavy atom. The van der Waals surface area contributed by atoms with Crippen molar-refractivity contribution in [1.29, 1.82) is 0 Å². The Hall–Kier alpha value is -0.610. The van der Waals surface area contributed by atoms with Gasteiger partial charge in [-0.15, -0.1) is 0 Å². The summed E-state index contributed by atoms with van der Waals surface area (Å²) in [6.45, 7) is 3.92. The molecule has 2 N–H and O–H groups in total. The number of ether oxygens (including phenoxy) is 2. The highest BCUT2D eigenvalue weighted by atomic mass is 16.6. The third-order valence-electron chi connectivity index (χ3n) is 0.805. The van der Waals surface area contributed by atoms with Crippen LogP contribution < -0.4 is 5.73 Å². The number of carbonyl (C=O) groups is 1. The van der Waals surface area contributed by atoms with Gasteiger partial charge in [-0.3, -0.25) is 4.79 Å². The van der Waals surface area contributed by atoms with E-state index in [4.69, 9.17) is 5.73 Å². The number of nitrogens with two attached hydrogens (primary N) is 1. The SMILES string of the molecule is CC(C)C(N)=O.COCOC. The summed E-state index contributed by atoms with van der Waals surface area (Å²) in [5.74, 6) is -0.250. The highest BCUT2D eigenvalue weighted by Gasteiger charge is 1.96. The lowest BCUT2D eigenvalue weighted by atomic mass is 10.2. The number of amides is 1. The summed E-state index contributed by atoms with van der Waals surface area (Å²) in [6, 6.07) is 0. The summed E-state index contributed by atoms with van der Waals surface area (Å²) >= 11 is 0. The maximum atomic E-state index is 9.92. The van der Waals surface area contributed by atoms with Gasteiger partial charge >= 0.3 is 0 Å². The molecule has 0 fully saturated rings. The molecular weight excluding hydrogens is 146 g/mol. The first-order chi connectivity index (χ1) is 5.06. The molecule has 68 valence electrons. The normalized spacial score (nSPS) is 8.82. The molecule has 0 aliphatic heterocycles. The minimum absolute atomic E-state index is 0.00926. The van der Waals surface area contributed by atoms with Gasteiger partial charge in [0.15, 0.2) is 0 Å². The number of hydrogen-bond donors (Lipinski definition) is 1. The molecule has 0 unspecified atom stereocenters. The monoisotopic (exact) mass is 163 g/mol. The quantitative estimate of drug-likeness (QED) is 0.611. The van der Waals surface area contributed by atoms with Gasteiger partial charge < -0.3 is 15.2 Å². The Labute approximate surface area is 67.7 Å². The maximum absolute atomic E-state index is 9.92.